The predicted octanol–water partition coefficient (Wildman–Crippen LogP) is 1.29. The van der Waals surface area contributed by atoms with E-state index in [2.05, 4.69) is 17.2 Å². The lowest BCUT2D eigenvalue weighted by molar-refractivity contribution is -0.143. The number of carboxylic acids is 1. The molecule has 0 heterocycles. The number of hydrogen-bond donors (Lipinski definition) is 4. The molecule has 0 radical (unpaired) electrons. The van der Waals surface area contributed by atoms with Gasteiger partial charge >= 0.3 is 5.97 Å². The number of nitrogens with one attached hydrogen (secondary N) is 1. The summed E-state index contributed by atoms with van der Waals surface area (Å²) in [5, 5.41) is 31.1. The number of allylic oxidation sites excluding steroid dienone is 4. The van der Waals surface area contributed by atoms with Gasteiger partial charge in [0.25, 0.3) is 0 Å². The number of carboxylic acid groups (broad SMARTS) is 1. The molecule has 0 amide bonds. The van der Waals surface area contributed by atoms with Crippen LogP contribution in [0.3, 0.4) is 0 Å². The first kappa shape index (κ1) is 25.1. The van der Waals surface area contributed by atoms with Crippen molar-refractivity contribution in [2.24, 2.45) is 0 Å². The van der Waals surface area contributed by atoms with Crippen molar-refractivity contribution in [3.05, 3.63) is 66.5 Å². The van der Waals surface area contributed by atoms with Crippen LogP contribution in [0.15, 0.2) is 60.7 Å². The van der Waals surface area contributed by atoms with Crippen LogP contribution in [0.5, 0.6) is 5.75 Å². The van der Waals surface area contributed by atoms with Crippen LogP contribution in [-0.2, 0) is 9.53 Å². The van der Waals surface area contributed by atoms with Gasteiger partial charge in [-0.05, 0) is 49.5 Å². The molecule has 0 aliphatic carbocycles. The Balaban J connectivity index is 2.33. The van der Waals surface area contributed by atoms with E-state index >= 15 is 0 Å². The lowest BCUT2D eigenvalue weighted by Crippen LogP contribution is -2.39. The van der Waals surface area contributed by atoms with Gasteiger partial charge in [-0.2, -0.15) is 0 Å². The van der Waals surface area contributed by atoms with E-state index < -0.39 is 30.8 Å². The van der Waals surface area contributed by atoms with Crippen molar-refractivity contribution in [3.63, 3.8) is 0 Å². The molecule has 0 saturated carbocycles. The zero-order valence-electron chi connectivity index (χ0n) is 16.6. The second kappa shape index (κ2) is 15.0. The van der Waals surface area contributed by atoms with Crippen LogP contribution in [0.4, 0.5) is 4.39 Å². The fraction of sp³-hybridized carbons (Fsp3) is 0.318. The molecule has 0 aliphatic rings. The van der Waals surface area contributed by atoms with Crippen LogP contribution in [0.1, 0.15) is 0 Å². The first-order valence-corrected chi connectivity index (χ1v) is 9.14. The summed E-state index contributed by atoms with van der Waals surface area (Å²) in [6, 6.07) is 5.09. The van der Waals surface area contributed by atoms with Crippen molar-refractivity contribution in [2.45, 2.75) is 18.2 Å². The number of carbonyl (C=O) groups is 1. The number of likely N-dealkylation sites (N-methyl/N-ethyl adjacent to an activating group) is 1. The van der Waals surface area contributed by atoms with Gasteiger partial charge in [0, 0.05) is 0 Å². The highest BCUT2D eigenvalue weighted by atomic mass is 19.1. The Morgan fingerprint density at radius 2 is 1.83 bits per heavy atom. The topological polar surface area (TPSA) is 108 Å². The molecule has 0 bridgehead atoms. The molecule has 30 heavy (non-hydrogen) atoms. The van der Waals surface area contributed by atoms with Crippen molar-refractivity contribution in [1.82, 2.24) is 5.32 Å². The number of ether oxygens (including phenoxy) is 2. The molecule has 1 rings (SSSR count). The number of aliphatic hydroxyl groups excluding tert-OH is 2. The highest BCUT2D eigenvalue weighted by Gasteiger charge is 2.14. The second-order valence-corrected chi connectivity index (χ2v) is 6.01. The number of benzene rings is 1. The Kier molecular flexibility index (Phi) is 12.5. The van der Waals surface area contributed by atoms with Crippen molar-refractivity contribution >= 4 is 5.97 Å². The van der Waals surface area contributed by atoms with E-state index in [-0.39, 0.29) is 19.0 Å². The maximum atomic E-state index is 12.8. The molecule has 0 fully saturated rings. The van der Waals surface area contributed by atoms with Gasteiger partial charge in [-0.15, -0.1) is 0 Å². The smallest absolute Gasteiger partial charge is 0.329 e. The van der Waals surface area contributed by atoms with E-state index in [1.807, 2.05) is 0 Å². The Hall–Kier alpha value is -2.96. The average molecular weight is 419 g/mol. The van der Waals surface area contributed by atoms with Crippen LogP contribution in [0.25, 0.3) is 0 Å². The monoisotopic (exact) mass is 419 g/mol. The minimum atomic E-state index is -1.10. The SMILES string of the molecule is CN[C@H](C=CC=CC#CC=C[C@H](O)COc1ccc(F)cc1)[C@H](O)COCC(=O)O. The molecule has 3 atom stereocenters. The normalized spacial score (nSPS) is 14.5. The first-order valence-electron chi connectivity index (χ1n) is 9.14. The van der Waals surface area contributed by atoms with Gasteiger partial charge < -0.3 is 30.1 Å². The summed E-state index contributed by atoms with van der Waals surface area (Å²) in [5.74, 6) is 4.49. The third-order valence-corrected chi connectivity index (χ3v) is 3.59. The summed E-state index contributed by atoms with van der Waals surface area (Å²) in [4.78, 5) is 10.4. The molecule has 0 unspecified atom stereocenters. The predicted molar refractivity (Wildman–Crippen MR) is 110 cm³/mol. The summed E-state index contributed by atoms with van der Waals surface area (Å²) < 4.78 is 23.0. The molecule has 1 aromatic carbocycles. The maximum absolute atomic E-state index is 12.8. The number of hydrogen-bond acceptors (Lipinski definition) is 6. The molecule has 162 valence electrons. The first-order chi connectivity index (χ1) is 14.4. The Morgan fingerprint density at radius 1 is 1.13 bits per heavy atom. The third-order valence-electron chi connectivity index (χ3n) is 3.59. The van der Waals surface area contributed by atoms with Gasteiger partial charge in [-0.1, -0.05) is 30.1 Å². The Labute approximate surface area is 175 Å². The van der Waals surface area contributed by atoms with Gasteiger partial charge in [0.15, 0.2) is 0 Å². The highest BCUT2D eigenvalue weighted by molar-refractivity contribution is 5.67. The van der Waals surface area contributed by atoms with E-state index in [4.69, 9.17) is 14.6 Å². The minimum Gasteiger partial charge on any atom is -0.491 e. The molecule has 7 nitrogen and oxygen atoms in total. The van der Waals surface area contributed by atoms with Crippen molar-refractivity contribution in [2.75, 3.05) is 26.9 Å². The summed E-state index contributed by atoms with van der Waals surface area (Å²) >= 11 is 0. The van der Waals surface area contributed by atoms with Crippen molar-refractivity contribution in [1.29, 1.82) is 0 Å². The van der Waals surface area contributed by atoms with Crippen LogP contribution >= 0.6 is 0 Å². The lowest BCUT2D eigenvalue weighted by Gasteiger charge is -2.18. The molecule has 1 aromatic rings. The zero-order chi connectivity index (χ0) is 22.2. The maximum Gasteiger partial charge on any atom is 0.329 e. The van der Waals surface area contributed by atoms with E-state index in [0.717, 1.165) is 0 Å². The Morgan fingerprint density at radius 3 is 2.50 bits per heavy atom. The molecule has 8 heteroatoms. The molecule has 0 aromatic heterocycles. The van der Waals surface area contributed by atoms with E-state index in [1.54, 1.807) is 31.4 Å². The van der Waals surface area contributed by atoms with Gasteiger partial charge in [-0.25, -0.2) is 9.18 Å². The van der Waals surface area contributed by atoms with Crippen LogP contribution in [-0.4, -0.2) is 66.4 Å². The zero-order valence-corrected chi connectivity index (χ0v) is 16.6. The summed E-state index contributed by atoms with van der Waals surface area (Å²) in [6.07, 6.45) is 7.86. The van der Waals surface area contributed by atoms with Crippen molar-refractivity contribution < 1.29 is 34.0 Å². The highest BCUT2D eigenvalue weighted by Crippen LogP contribution is 2.11. The minimum absolute atomic E-state index is 0.0201. The van der Waals surface area contributed by atoms with E-state index in [1.165, 1.54) is 36.4 Å². The molecule has 0 aliphatic heterocycles. The summed E-state index contributed by atoms with van der Waals surface area (Å²) in [5.41, 5.74) is 0. The van der Waals surface area contributed by atoms with Crippen molar-refractivity contribution in [3.8, 4) is 17.6 Å². The van der Waals surface area contributed by atoms with Gasteiger partial charge in [0.05, 0.1) is 18.8 Å². The molecular weight excluding hydrogens is 393 g/mol. The number of aliphatic carboxylic acids is 1. The van der Waals surface area contributed by atoms with Crippen LogP contribution < -0.4 is 10.1 Å². The lowest BCUT2D eigenvalue weighted by atomic mass is 10.1. The third kappa shape index (κ3) is 11.8. The van der Waals surface area contributed by atoms with Gasteiger partial charge in [-0.3, -0.25) is 0 Å². The van der Waals surface area contributed by atoms with E-state index in [0.29, 0.717) is 5.75 Å². The number of aliphatic hydroxyl groups is 2. The van der Waals surface area contributed by atoms with Crippen LogP contribution in [0.2, 0.25) is 0 Å². The quantitative estimate of drug-likeness (QED) is 0.299. The fourth-order valence-corrected chi connectivity index (χ4v) is 2.10. The molecule has 4 N–H and O–H groups in total. The standard InChI is InChI=1S/C22H26FNO6/c1-24-20(21(26)15-29-16-22(27)28)9-7-5-3-2-4-6-8-18(25)14-30-19-12-10-17(23)11-13-19/h3,5-13,18,20-21,24-26H,14-16H2,1H3,(H,27,28)/t18-,20+,21+/m0/s1. The molecular formula is C22H26FNO6. The molecule has 0 spiro atoms. The summed E-state index contributed by atoms with van der Waals surface area (Å²) in [7, 11) is 1.66. The van der Waals surface area contributed by atoms with Crippen LogP contribution in [0, 0.1) is 17.7 Å². The largest absolute Gasteiger partial charge is 0.491 e. The van der Waals surface area contributed by atoms with Gasteiger partial charge in [0.1, 0.15) is 30.9 Å². The fourth-order valence-electron chi connectivity index (χ4n) is 2.10. The summed E-state index contributed by atoms with van der Waals surface area (Å²) in [6.45, 7) is -0.552. The van der Waals surface area contributed by atoms with Gasteiger partial charge in [0.2, 0.25) is 0 Å². The number of halogens is 1. The Bertz CT molecular complexity index is 779. The molecule has 0 saturated heterocycles. The van der Waals surface area contributed by atoms with E-state index in [9.17, 15) is 19.4 Å². The number of rotatable bonds is 12. The second-order valence-electron chi connectivity index (χ2n) is 6.01. The average Bonchev–Trinajstić information content (AvgIpc) is 2.72.